The molecule has 1 amide bonds. The van der Waals surface area contributed by atoms with Gasteiger partial charge in [-0.2, -0.15) is 0 Å². The highest BCUT2D eigenvalue weighted by molar-refractivity contribution is 5.92. The predicted molar refractivity (Wildman–Crippen MR) is 98.8 cm³/mol. The largest absolute Gasteiger partial charge is 0.370 e. The van der Waals surface area contributed by atoms with Gasteiger partial charge in [0, 0.05) is 19.3 Å². The van der Waals surface area contributed by atoms with Crippen LogP contribution in [0.15, 0.2) is 60.9 Å². The second-order valence-electron chi connectivity index (χ2n) is 6.58. The standard InChI is InChI=1S/C20H21N5O2/c26-20(19-8-4-5-10-21-19)24-11-9-18(13-24)25-12-17(22-23-25)15-27-14-16-6-2-1-3-7-16/h1-8,10,12,18H,9,11,13-15H2. The molecule has 0 radical (unpaired) electrons. The highest BCUT2D eigenvalue weighted by Gasteiger charge is 2.29. The van der Waals surface area contributed by atoms with Crippen LogP contribution in [0.25, 0.3) is 0 Å². The Bertz CT molecular complexity index is 882. The first kappa shape index (κ1) is 17.4. The van der Waals surface area contributed by atoms with Crippen LogP contribution in [0.3, 0.4) is 0 Å². The minimum atomic E-state index is -0.0374. The monoisotopic (exact) mass is 363 g/mol. The zero-order valence-corrected chi connectivity index (χ0v) is 14.9. The first-order valence-electron chi connectivity index (χ1n) is 9.02. The van der Waals surface area contributed by atoms with Crippen LogP contribution in [0.5, 0.6) is 0 Å². The van der Waals surface area contributed by atoms with E-state index >= 15 is 0 Å². The van der Waals surface area contributed by atoms with Gasteiger partial charge in [-0.15, -0.1) is 5.10 Å². The van der Waals surface area contributed by atoms with E-state index in [1.165, 1.54) is 0 Å². The van der Waals surface area contributed by atoms with Crippen molar-refractivity contribution in [3.8, 4) is 0 Å². The molecule has 1 aliphatic rings. The molecule has 0 saturated carbocycles. The van der Waals surface area contributed by atoms with Crippen molar-refractivity contribution in [2.24, 2.45) is 0 Å². The van der Waals surface area contributed by atoms with E-state index in [4.69, 9.17) is 4.74 Å². The SMILES string of the molecule is O=C(c1ccccn1)N1CCC(n2cc(COCc3ccccc3)nn2)C1. The molecule has 1 saturated heterocycles. The van der Waals surface area contributed by atoms with Crippen molar-refractivity contribution < 1.29 is 9.53 Å². The van der Waals surface area contributed by atoms with Crippen molar-refractivity contribution in [1.82, 2.24) is 24.9 Å². The summed E-state index contributed by atoms with van der Waals surface area (Å²) in [5.41, 5.74) is 2.40. The normalized spacial score (nSPS) is 16.6. The van der Waals surface area contributed by atoms with Crippen molar-refractivity contribution in [3.05, 3.63) is 77.9 Å². The van der Waals surface area contributed by atoms with Crippen LogP contribution in [0.2, 0.25) is 0 Å². The van der Waals surface area contributed by atoms with Crippen molar-refractivity contribution in [3.63, 3.8) is 0 Å². The fourth-order valence-electron chi connectivity index (χ4n) is 3.20. The number of pyridine rings is 1. The summed E-state index contributed by atoms with van der Waals surface area (Å²) in [4.78, 5) is 18.5. The van der Waals surface area contributed by atoms with E-state index in [2.05, 4.69) is 15.3 Å². The fourth-order valence-corrected chi connectivity index (χ4v) is 3.20. The van der Waals surface area contributed by atoms with Gasteiger partial charge < -0.3 is 9.64 Å². The average molecular weight is 363 g/mol. The summed E-state index contributed by atoms with van der Waals surface area (Å²) in [6.45, 7) is 2.27. The van der Waals surface area contributed by atoms with Crippen LogP contribution in [0.1, 0.15) is 34.2 Å². The van der Waals surface area contributed by atoms with E-state index in [0.29, 0.717) is 32.0 Å². The lowest BCUT2D eigenvalue weighted by atomic mass is 10.2. The molecule has 7 heteroatoms. The number of ether oxygens (including phenoxy) is 1. The summed E-state index contributed by atoms with van der Waals surface area (Å²) in [5.74, 6) is -0.0374. The van der Waals surface area contributed by atoms with E-state index in [1.807, 2.05) is 52.2 Å². The first-order valence-corrected chi connectivity index (χ1v) is 9.02. The van der Waals surface area contributed by atoms with Gasteiger partial charge in [0.15, 0.2) is 0 Å². The van der Waals surface area contributed by atoms with E-state index in [-0.39, 0.29) is 11.9 Å². The molecule has 4 rings (SSSR count). The van der Waals surface area contributed by atoms with E-state index in [9.17, 15) is 4.79 Å². The zero-order chi connectivity index (χ0) is 18.5. The Hall–Kier alpha value is -3.06. The van der Waals surface area contributed by atoms with Gasteiger partial charge in [-0.3, -0.25) is 9.78 Å². The first-order chi connectivity index (χ1) is 13.3. The third-order valence-corrected chi connectivity index (χ3v) is 4.63. The van der Waals surface area contributed by atoms with Gasteiger partial charge in [-0.05, 0) is 24.1 Å². The molecule has 1 aliphatic heterocycles. The van der Waals surface area contributed by atoms with Crippen molar-refractivity contribution in [2.45, 2.75) is 25.7 Å². The number of hydrogen-bond acceptors (Lipinski definition) is 5. The Morgan fingerprint density at radius 3 is 2.78 bits per heavy atom. The molecule has 27 heavy (non-hydrogen) atoms. The fraction of sp³-hybridized carbons (Fsp3) is 0.300. The highest BCUT2D eigenvalue weighted by atomic mass is 16.5. The minimum absolute atomic E-state index is 0.0374. The Morgan fingerprint density at radius 2 is 1.96 bits per heavy atom. The Morgan fingerprint density at radius 1 is 1.11 bits per heavy atom. The number of rotatable bonds is 6. The lowest BCUT2D eigenvalue weighted by Gasteiger charge is -2.15. The lowest BCUT2D eigenvalue weighted by molar-refractivity contribution is 0.0781. The van der Waals surface area contributed by atoms with Crippen LogP contribution in [0, 0.1) is 0 Å². The van der Waals surface area contributed by atoms with Crippen LogP contribution in [-0.4, -0.2) is 43.9 Å². The summed E-state index contributed by atoms with van der Waals surface area (Å²) >= 11 is 0. The number of likely N-dealkylation sites (tertiary alicyclic amines) is 1. The second kappa shape index (κ2) is 8.09. The second-order valence-corrected chi connectivity index (χ2v) is 6.58. The maximum Gasteiger partial charge on any atom is 0.272 e. The van der Waals surface area contributed by atoms with Gasteiger partial charge in [0.1, 0.15) is 11.4 Å². The number of amides is 1. The molecular formula is C20H21N5O2. The molecule has 1 unspecified atom stereocenters. The predicted octanol–water partition coefficient (Wildman–Crippen LogP) is 2.48. The summed E-state index contributed by atoms with van der Waals surface area (Å²) in [6, 6.07) is 15.5. The number of carbonyl (C=O) groups is 1. The van der Waals surface area contributed by atoms with Gasteiger partial charge in [-0.25, -0.2) is 4.68 Å². The maximum atomic E-state index is 12.5. The number of aromatic nitrogens is 4. The van der Waals surface area contributed by atoms with Gasteiger partial charge >= 0.3 is 0 Å². The molecule has 1 aromatic carbocycles. The molecule has 3 heterocycles. The summed E-state index contributed by atoms with van der Waals surface area (Å²) < 4.78 is 7.55. The van der Waals surface area contributed by atoms with Crippen molar-refractivity contribution in [1.29, 1.82) is 0 Å². The van der Waals surface area contributed by atoms with Crippen LogP contribution in [0.4, 0.5) is 0 Å². The molecule has 0 spiro atoms. The smallest absolute Gasteiger partial charge is 0.272 e. The Labute approximate surface area is 157 Å². The molecule has 3 aromatic rings. The topological polar surface area (TPSA) is 73.1 Å². The number of benzene rings is 1. The van der Waals surface area contributed by atoms with Crippen molar-refractivity contribution in [2.75, 3.05) is 13.1 Å². The van der Waals surface area contributed by atoms with E-state index in [1.54, 1.807) is 18.3 Å². The van der Waals surface area contributed by atoms with E-state index < -0.39 is 0 Å². The quantitative estimate of drug-likeness (QED) is 0.673. The Balaban J connectivity index is 1.30. The molecular weight excluding hydrogens is 342 g/mol. The number of nitrogens with zero attached hydrogens (tertiary/aromatic N) is 5. The number of carbonyl (C=O) groups excluding carboxylic acids is 1. The minimum Gasteiger partial charge on any atom is -0.370 e. The van der Waals surface area contributed by atoms with Crippen LogP contribution < -0.4 is 0 Å². The molecule has 0 bridgehead atoms. The van der Waals surface area contributed by atoms with Crippen LogP contribution >= 0.6 is 0 Å². The molecule has 2 aromatic heterocycles. The van der Waals surface area contributed by atoms with Gasteiger partial charge in [-0.1, -0.05) is 41.6 Å². The Kier molecular flexibility index (Phi) is 5.20. The third kappa shape index (κ3) is 4.20. The zero-order valence-electron chi connectivity index (χ0n) is 14.9. The maximum absolute atomic E-state index is 12.5. The molecule has 0 aliphatic carbocycles. The molecule has 138 valence electrons. The molecule has 1 fully saturated rings. The number of hydrogen-bond donors (Lipinski definition) is 0. The van der Waals surface area contributed by atoms with Gasteiger partial charge in [0.25, 0.3) is 5.91 Å². The summed E-state index contributed by atoms with van der Waals surface area (Å²) in [5, 5.41) is 8.42. The van der Waals surface area contributed by atoms with Gasteiger partial charge in [0.05, 0.1) is 25.5 Å². The molecule has 7 nitrogen and oxygen atoms in total. The van der Waals surface area contributed by atoms with Crippen molar-refractivity contribution >= 4 is 5.91 Å². The summed E-state index contributed by atoms with van der Waals surface area (Å²) in [7, 11) is 0. The van der Waals surface area contributed by atoms with E-state index in [0.717, 1.165) is 17.7 Å². The molecule has 1 atom stereocenters. The lowest BCUT2D eigenvalue weighted by Crippen LogP contribution is -2.29. The average Bonchev–Trinajstić information content (AvgIpc) is 3.38. The van der Waals surface area contributed by atoms with Gasteiger partial charge in [0.2, 0.25) is 0 Å². The third-order valence-electron chi connectivity index (χ3n) is 4.63. The molecule has 0 N–H and O–H groups in total. The summed E-state index contributed by atoms with van der Waals surface area (Å²) in [6.07, 6.45) is 4.40. The highest BCUT2D eigenvalue weighted by Crippen LogP contribution is 2.22. The van der Waals surface area contributed by atoms with Crippen LogP contribution in [-0.2, 0) is 18.0 Å².